The van der Waals surface area contributed by atoms with Crippen LogP contribution in [0, 0.1) is 0 Å². The average Bonchev–Trinajstić information content (AvgIpc) is 2.74. The van der Waals surface area contributed by atoms with E-state index in [4.69, 9.17) is 0 Å². The van der Waals surface area contributed by atoms with Gasteiger partial charge in [0.1, 0.15) is 0 Å². The van der Waals surface area contributed by atoms with Crippen LogP contribution in [0.3, 0.4) is 0 Å². The first-order chi connectivity index (χ1) is 14.0. The second kappa shape index (κ2) is 9.36. The summed E-state index contributed by atoms with van der Waals surface area (Å²) in [7, 11) is 3.94. The lowest BCUT2D eigenvalue weighted by Gasteiger charge is -2.35. The van der Waals surface area contributed by atoms with E-state index in [1.54, 1.807) is 23.4 Å². The molecule has 0 unspecified atom stereocenters. The Kier molecular flexibility index (Phi) is 6.64. The van der Waals surface area contributed by atoms with Crippen LogP contribution >= 0.6 is 0 Å². The van der Waals surface area contributed by atoms with Crippen LogP contribution in [0.2, 0.25) is 0 Å². The van der Waals surface area contributed by atoms with Crippen LogP contribution in [-0.2, 0) is 9.59 Å². The van der Waals surface area contributed by atoms with Gasteiger partial charge in [0, 0.05) is 83.9 Å². The van der Waals surface area contributed by atoms with Gasteiger partial charge in [0.2, 0.25) is 17.8 Å². The van der Waals surface area contributed by atoms with Crippen LogP contribution in [-0.4, -0.2) is 73.5 Å². The normalized spacial score (nSPS) is 13.9. The van der Waals surface area contributed by atoms with Crippen molar-refractivity contribution in [3.63, 3.8) is 0 Å². The van der Waals surface area contributed by atoms with Crippen molar-refractivity contribution in [2.24, 2.45) is 0 Å². The fourth-order valence-electron chi connectivity index (χ4n) is 3.38. The molecule has 1 aromatic carbocycles. The van der Waals surface area contributed by atoms with Gasteiger partial charge in [-0.05, 0) is 30.3 Å². The summed E-state index contributed by atoms with van der Waals surface area (Å²) in [6.45, 7) is 4.58. The minimum atomic E-state index is -0.0681. The van der Waals surface area contributed by atoms with Gasteiger partial charge in [-0.25, -0.2) is 9.97 Å². The number of amides is 2. The largest absolute Gasteiger partial charge is 0.378 e. The summed E-state index contributed by atoms with van der Waals surface area (Å²) < 4.78 is 0. The van der Waals surface area contributed by atoms with Crippen molar-refractivity contribution >= 4 is 29.1 Å². The molecule has 8 nitrogen and oxygen atoms in total. The maximum atomic E-state index is 12.7. The minimum Gasteiger partial charge on any atom is -0.378 e. The Labute approximate surface area is 171 Å². The summed E-state index contributed by atoms with van der Waals surface area (Å²) in [5, 5.41) is 0. The highest BCUT2D eigenvalue weighted by Crippen LogP contribution is 2.20. The molecule has 1 fully saturated rings. The quantitative estimate of drug-likeness (QED) is 0.739. The summed E-state index contributed by atoms with van der Waals surface area (Å²) in [6.07, 6.45) is 3.75. The van der Waals surface area contributed by atoms with Crippen LogP contribution in [0.15, 0.2) is 42.7 Å². The van der Waals surface area contributed by atoms with Crippen molar-refractivity contribution in [3.05, 3.63) is 42.7 Å². The molecule has 8 heteroatoms. The highest BCUT2D eigenvalue weighted by Gasteiger charge is 2.23. The van der Waals surface area contributed by atoms with E-state index in [0.29, 0.717) is 45.1 Å². The van der Waals surface area contributed by atoms with Crippen LogP contribution < -0.4 is 14.7 Å². The Morgan fingerprint density at radius 3 is 2.10 bits per heavy atom. The molecule has 1 aliphatic heterocycles. The molecule has 0 saturated carbocycles. The Bertz CT molecular complexity index is 817. The van der Waals surface area contributed by atoms with Gasteiger partial charge in [-0.3, -0.25) is 9.59 Å². The number of hydrogen-bond donors (Lipinski definition) is 0. The van der Waals surface area contributed by atoms with Crippen molar-refractivity contribution < 1.29 is 9.59 Å². The fourth-order valence-corrected chi connectivity index (χ4v) is 3.38. The first kappa shape index (κ1) is 20.6. The molecule has 0 radical (unpaired) electrons. The standard InChI is InChI=1S/C21H28N6O2/c1-17(28)27(19-7-5-18(6-8-19)24(2)3)12-9-20(29)25-13-15-26(16-14-25)21-22-10-4-11-23-21/h4-8,10-11H,9,12-16H2,1-3H3. The molecule has 0 aliphatic carbocycles. The Hall–Kier alpha value is -3.16. The zero-order chi connectivity index (χ0) is 20.8. The molecular formula is C21H28N6O2. The Balaban J connectivity index is 1.54. The number of anilines is 3. The zero-order valence-corrected chi connectivity index (χ0v) is 17.3. The molecule has 1 aromatic heterocycles. The number of carbonyl (C=O) groups excluding carboxylic acids is 2. The van der Waals surface area contributed by atoms with E-state index >= 15 is 0 Å². The smallest absolute Gasteiger partial charge is 0.225 e. The average molecular weight is 396 g/mol. The monoisotopic (exact) mass is 396 g/mol. The number of nitrogens with zero attached hydrogens (tertiary/aromatic N) is 6. The number of aromatic nitrogens is 2. The minimum absolute atomic E-state index is 0.0646. The van der Waals surface area contributed by atoms with Gasteiger partial charge in [-0.15, -0.1) is 0 Å². The van der Waals surface area contributed by atoms with Crippen LogP contribution in [0.4, 0.5) is 17.3 Å². The molecule has 0 atom stereocenters. The number of carbonyl (C=O) groups is 2. The van der Waals surface area contributed by atoms with Crippen LogP contribution in [0.25, 0.3) is 0 Å². The van der Waals surface area contributed by atoms with Gasteiger partial charge >= 0.3 is 0 Å². The first-order valence-electron chi connectivity index (χ1n) is 9.81. The molecule has 3 rings (SSSR count). The second-order valence-electron chi connectivity index (χ2n) is 7.25. The van der Waals surface area contributed by atoms with E-state index in [1.165, 1.54) is 6.92 Å². The van der Waals surface area contributed by atoms with Crippen LogP contribution in [0.1, 0.15) is 13.3 Å². The van der Waals surface area contributed by atoms with Crippen molar-refractivity contribution in [1.29, 1.82) is 0 Å². The third kappa shape index (κ3) is 5.22. The Morgan fingerprint density at radius 1 is 0.966 bits per heavy atom. The summed E-state index contributed by atoms with van der Waals surface area (Å²) >= 11 is 0. The summed E-state index contributed by atoms with van der Waals surface area (Å²) in [5.41, 5.74) is 1.87. The zero-order valence-electron chi connectivity index (χ0n) is 17.3. The fraction of sp³-hybridized carbons (Fsp3) is 0.429. The molecule has 2 amide bonds. The van der Waals surface area contributed by atoms with Gasteiger partial charge in [-0.2, -0.15) is 0 Å². The van der Waals surface area contributed by atoms with Crippen molar-refractivity contribution in [2.45, 2.75) is 13.3 Å². The van der Waals surface area contributed by atoms with Gasteiger partial charge in [0.05, 0.1) is 0 Å². The van der Waals surface area contributed by atoms with Gasteiger partial charge in [0.15, 0.2) is 0 Å². The Morgan fingerprint density at radius 2 is 1.55 bits per heavy atom. The lowest BCUT2D eigenvalue weighted by atomic mass is 10.2. The summed E-state index contributed by atoms with van der Waals surface area (Å²) in [5.74, 6) is 0.694. The number of rotatable bonds is 6. The van der Waals surface area contributed by atoms with E-state index < -0.39 is 0 Å². The molecule has 1 aliphatic rings. The first-order valence-corrected chi connectivity index (χ1v) is 9.81. The van der Waals surface area contributed by atoms with Crippen molar-refractivity contribution in [2.75, 3.05) is 61.5 Å². The predicted molar refractivity (Wildman–Crippen MR) is 114 cm³/mol. The molecule has 154 valence electrons. The highest BCUT2D eigenvalue weighted by molar-refractivity contribution is 5.92. The van der Waals surface area contributed by atoms with Gasteiger partial charge in [0.25, 0.3) is 0 Å². The summed E-state index contributed by atoms with van der Waals surface area (Å²) in [6, 6.07) is 9.56. The third-order valence-electron chi connectivity index (χ3n) is 5.07. The van der Waals surface area contributed by atoms with Gasteiger partial charge < -0.3 is 19.6 Å². The molecule has 2 aromatic rings. The lowest BCUT2D eigenvalue weighted by Crippen LogP contribution is -2.49. The van der Waals surface area contributed by atoms with E-state index in [2.05, 4.69) is 14.9 Å². The summed E-state index contributed by atoms with van der Waals surface area (Å²) in [4.78, 5) is 40.9. The van der Waals surface area contributed by atoms with E-state index in [0.717, 1.165) is 11.4 Å². The molecule has 2 heterocycles. The molecule has 0 spiro atoms. The highest BCUT2D eigenvalue weighted by atomic mass is 16.2. The van der Waals surface area contributed by atoms with Crippen molar-refractivity contribution in [1.82, 2.24) is 14.9 Å². The predicted octanol–water partition coefficient (Wildman–Crippen LogP) is 1.63. The molecule has 29 heavy (non-hydrogen) atoms. The molecule has 1 saturated heterocycles. The maximum absolute atomic E-state index is 12.7. The van der Waals surface area contributed by atoms with E-state index in [1.807, 2.05) is 48.2 Å². The topological polar surface area (TPSA) is 72.9 Å². The number of benzene rings is 1. The molecular weight excluding hydrogens is 368 g/mol. The van der Waals surface area contributed by atoms with E-state index in [9.17, 15) is 9.59 Å². The SMILES string of the molecule is CC(=O)N(CCC(=O)N1CCN(c2ncccn2)CC1)c1ccc(N(C)C)cc1. The lowest BCUT2D eigenvalue weighted by molar-refractivity contribution is -0.131. The van der Waals surface area contributed by atoms with Crippen LogP contribution in [0.5, 0.6) is 0 Å². The second-order valence-corrected chi connectivity index (χ2v) is 7.25. The van der Waals surface area contributed by atoms with E-state index in [-0.39, 0.29) is 11.8 Å². The number of hydrogen-bond acceptors (Lipinski definition) is 6. The third-order valence-corrected chi connectivity index (χ3v) is 5.07. The molecule has 0 bridgehead atoms. The number of piperazine rings is 1. The van der Waals surface area contributed by atoms with Gasteiger partial charge in [-0.1, -0.05) is 0 Å². The molecule has 0 N–H and O–H groups in total. The van der Waals surface area contributed by atoms with Crippen molar-refractivity contribution in [3.8, 4) is 0 Å². The maximum Gasteiger partial charge on any atom is 0.225 e.